The van der Waals surface area contributed by atoms with Gasteiger partial charge in [-0.15, -0.1) is 0 Å². The van der Waals surface area contributed by atoms with Gasteiger partial charge in [-0.2, -0.15) is 0 Å². The minimum atomic E-state index is 0.411. The van der Waals surface area contributed by atoms with Crippen LogP contribution in [0, 0.1) is 0 Å². The van der Waals surface area contributed by atoms with Gasteiger partial charge in [0, 0.05) is 0 Å². The molecule has 0 aliphatic heterocycles. The second-order valence-electron chi connectivity index (χ2n) is 3.31. The van der Waals surface area contributed by atoms with E-state index in [1.165, 1.54) is 0 Å². The Balaban J connectivity index is 2.72. The maximum atomic E-state index is 4.49. The second kappa shape index (κ2) is 3.84. The zero-order valence-electron chi connectivity index (χ0n) is 8.76. The zero-order chi connectivity index (χ0) is 10.1. The Hall–Kier alpha value is -0.651. The van der Waals surface area contributed by atoms with Crippen LogP contribution >= 0.6 is 0 Å². The quantitative estimate of drug-likeness (QED) is 0.758. The predicted octanol–water partition coefficient (Wildman–Crippen LogP) is -0.532. The van der Waals surface area contributed by atoms with E-state index in [4.69, 9.17) is 0 Å². The molecule has 0 spiro atoms. The van der Waals surface area contributed by atoms with E-state index in [0.717, 1.165) is 39.4 Å². The molecular weight excluding hydrogens is 283 g/mol. The summed E-state index contributed by atoms with van der Waals surface area (Å²) < 4.78 is 1.11. The molecule has 2 aromatic rings. The average Bonchev–Trinajstić information content (AvgIpc) is 2.56. The van der Waals surface area contributed by atoms with Gasteiger partial charge >= 0.3 is 95.7 Å². The maximum absolute atomic E-state index is 4.49. The van der Waals surface area contributed by atoms with E-state index in [9.17, 15) is 0 Å². The molecule has 2 rings (SSSR count). The molecule has 1 N–H and O–H groups in total. The van der Waals surface area contributed by atoms with Crippen LogP contribution in [0.2, 0.25) is 0 Å². The van der Waals surface area contributed by atoms with Gasteiger partial charge in [-0.05, 0) is 0 Å². The molecule has 0 aliphatic rings. The summed E-state index contributed by atoms with van der Waals surface area (Å²) in [6.07, 6.45) is 1.81. The second-order valence-corrected chi connectivity index (χ2v) is 6.02. The van der Waals surface area contributed by atoms with Crippen molar-refractivity contribution in [2.45, 2.75) is 26.7 Å². The van der Waals surface area contributed by atoms with E-state index in [-0.39, 0.29) is 0 Å². The number of imidazole rings is 1. The summed E-state index contributed by atoms with van der Waals surface area (Å²) in [7, 11) is 0. The number of nitrogens with zero attached hydrogens (tertiary/aromatic N) is 3. The third kappa shape index (κ3) is 1.62. The Morgan fingerprint density at radius 2 is 1.93 bits per heavy atom. The summed E-state index contributed by atoms with van der Waals surface area (Å²) in [5, 5.41) is 0. The summed E-state index contributed by atoms with van der Waals surface area (Å²) in [4.78, 5) is 16.6. The summed E-state index contributed by atoms with van der Waals surface area (Å²) in [6, 6.07) is 0. The number of nitrogens with one attached hydrogen (secondary N) is 1. The van der Waals surface area contributed by atoms with Crippen molar-refractivity contribution in [1.29, 1.82) is 0 Å². The third-order valence-corrected chi connectivity index (χ3v) is 3.59. The van der Waals surface area contributed by atoms with Gasteiger partial charge < -0.3 is 0 Å². The molecule has 0 saturated heterocycles. The number of fused-ring (bicyclic) bond motifs is 1. The summed E-state index contributed by atoms with van der Waals surface area (Å²) in [5.74, 6) is 0.899. The van der Waals surface area contributed by atoms with Crippen LogP contribution < -0.4 is 3.84 Å². The summed E-state index contributed by atoms with van der Waals surface area (Å²) in [5.41, 5.74) is 2.99. The Morgan fingerprint density at radius 1 is 1.14 bits per heavy atom. The van der Waals surface area contributed by atoms with Gasteiger partial charge in [-0.1, -0.05) is 0 Å². The van der Waals surface area contributed by atoms with Crippen LogP contribution in [0.15, 0.2) is 0 Å². The van der Waals surface area contributed by atoms with Crippen molar-refractivity contribution < 1.29 is 0 Å². The molecule has 0 atom stereocenters. The number of rotatable bonds is 2. The molecule has 2 heterocycles. The van der Waals surface area contributed by atoms with Crippen LogP contribution in [-0.2, 0) is 12.8 Å². The molecule has 0 aliphatic carbocycles. The molecule has 4 nitrogen and oxygen atoms in total. The molecule has 14 heavy (non-hydrogen) atoms. The molecule has 0 saturated carbocycles. The van der Waals surface area contributed by atoms with Crippen LogP contribution in [0.4, 0.5) is 0 Å². The van der Waals surface area contributed by atoms with Crippen LogP contribution in [0.1, 0.15) is 25.4 Å². The molecular formula is C9H14N4Sn. The topological polar surface area (TPSA) is 54.5 Å². The van der Waals surface area contributed by atoms with E-state index in [1.54, 1.807) is 0 Å². The van der Waals surface area contributed by atoms with Crippen molar-refractivity contribution in [3.05, 3.63) is 11.5 Å². The van der Waals surface area contributed by atoms with Crippen LogP contribution in [0.25, 0.3) is 11.2 Å². The number of aromatic nitrogens is 4. The molecule has 0 fully saturated rings. The van der Waals surface area contributed by atoms with Crippen LogP contribution in [-0.4, -0.2) is 42.5 Å². The van der Waals surface area contributed by atoms with E-state index in [1.807, 2.05) is 0 Å². The van der Waals surface area contributed by atoms with Crippen LogP contribution in [0.3, 0.4) is 0 Å². The van der Waals surface area contributed by atoms with Crippen molar-refractivity contribution in [1.82, 2.24) is 19.9 Å². The van der Waals surface area contributed by atoms with Gasteiger partial charge in [-0.3, -0.25) is 0 Å². The Kier molecular flexibility index (Phi) is 2.71. The first-order valence-corrected chi connectivity index (χ1v) is 7.82. The van der Waals surface area contributed by atoms with E-state index >= 15 is 0 Å². The Morgan fingerprint density at radius 3 is 2.57 bits per heavy atom. The Labute approximate surface area is 95.6 Å². The van der Waals surface area contributed by atoms with Gasteiger partial charge in [0.15, 0.2) is 0 Å². The molecule has 0 aromatic carbocycles. The van der Waals surface area contributed by atoms with Gasteiger partial charge in [0.2, 0.25) is 0 Å². The first-order valence-electron chi connectivity index (χ1n) is 4.96. The van der Waals surface area contributed by atoms with Crippen molar-refractivity contribution in [2.75, 3.05) is 0 Å². The van der Waals surface area contributed by atoms with Crippen molar-refractivity contribution in [2.24, 2.45) is 0 Å². The fourth-order valence-corrected chi connectivity index (χ4v) is 2.85. The number of hydrogen-bond donors (Lipinski definition) is 1. The number of aryl methyl sites for hydroxylation is 2. The molecule has 5 heteroatoms. The van der Waals surface area contributed by atoms with Crippen molar-refractivity contribution >= 4 is 37.5 Å². The van der Waals surface area contributed by atoms with Crippen molar-refractivity contribution in [3.8, 4) is 0 Å². The Bertz CT molecular complexity index is 463. The average molecular weight is 297 g/mol. The first-order chi connectivity index (χ1) is 6.74. The minimum absolute atomic E-state index is 0.411. The molecule has 0 unspecified atom stereocenters. The zero-order valence-corrected chi connectivity index (χ0v) is 14.5. The van der Waals surface area contributed by atoms with Gasteiger partial charge in [0.25, 0.3) is 0 Å². The van der Waals surface area contributed by atoms with E-state index < -0.39 is 0 Å². The van der Waals surface area contributed by atoms with Crippen molar-refractivity contribution in [3.63, 3.8) is 0 Å². The predicted molar refractivity (Wildman–Crippen MR) is 60.0 cm³/mol. The molecule has 0 amide bonds. The molecule has 0 bridgehead atoms. The number of H-pyrrole nitrogens is 1. The number of hydrogen-bond acceptors (Lipinski definition) is 3. The SMILES string of the molecule is CCc1nc(CC)c2[nH][c]([SnH3])nc2n1. The third-order valence-electron chi connectivity index (χ3n) is 2.24. The first kappa shape index (κ1) is 9.89. The van der Waals surface area contributed by atoms with Gasteiger partial charge in [-0.25, -0.2) is 0 Å². The standard InChI is InChI=1S/C9H11N4.Sn.3H/c1-3-6-8-9(11-5-10-8)13-7(4-2)12-6;;;;/h3-4H2,1-2H3,(H,10,11,12,13);;;;. The summed E-state index contributed by atoms with van der Waals surface area (Å²) >= 11 is 0.411. The van der Waals surface area contributed by atoms with Gasteiger partial charge in [0.05, 0.1) is 0 Å². The fraction of sp³-hybridized carbons (Fsp3) is 0.444. The molecule has 74 valence electrons. The number of aromatic amines is 1. The van der Waals surface area contributed by atoms with E-state index in [2.05, 4.69) is 33.8 Å². The van der Waals surface area contributed by atoms with Gasteiger partial charge in [0.1, 0.15) is 0 Å². The molecule has 0 radical (unpaired) electrons. The van der Waals surface area contributed by atoms with E-state index in [0.29, 0.717) is 22.5 Å². The normalized spacial score (nSPS) is 11.3. The molecule has 2 aromatic heterocycles. The summed E-state index contributed by atoms with van der Waals surface area (Å²) in [6.45, 7) is 4.18. The van der Waals surface area contributed by atoms with Crippen LogP contribution in [0.5, 0.6) is 0 Å². The monoisotopic (exact) mass is 298 g/mol. The fourth-order valence-electron chi connectivity index (χ4n) is 1.53.